The van der Waals surface area contributed by atoms with Crippen molar-refractivity contribution in [2.75, 3.05) is 0 Å². The molecule has 1 N–H and O–H groups in total. The van der Waals surface area contributed by atoms with Crippen LogP contribution in [0.4, 0.5) is 8.78 Å². The predicted octanol–water partition coefficient (Wildman–Crippen LogP) is 3.41. The Kier molecular flexibility index (Phi) is 1.79. The van der Waals surface area contributed by atoms with E-state index in [1.54, 1.807) is 6.07 Å². The number of alkyl halides is 2. The minimum Gasteiger partial charge on any atom is -0.361 e. The zero-order valence-electron chi connectivity index (χ0n) is 7.14. The number of H-pyrrole nitrogens is 1. The zero-order valence-corrected chi connectivity index (χ0v) is 7.14. The Balaban J connectivity index is 2.69. The Bertz CT molecular complexity index is 431. The number of aryl methyl sites for hydroxylation is 1. The normalized spacial score (nSPS) is 11.4. The highest BCUT2D eigenvalue weighted by Crippen LogP contribution is 2.27. The van der Waals surface area contributed by atoms with Crippen molar-refractivity contribution in [1.29, 1.82) is 0 Å². The third-order valence-corrected chi connectivity index (χ3v) is 2.10. The predicted molar refractivity (Wildman–Crippen MR) is 48.0 cm³/mol. The number of fused-ring (bicyclic) bond motifs is 1. The van der Waals surface area contributed by atoms with Crippen molar-refractivity contribution >= 4 is 10.9 Å². The molecular weight excluding hydrogens is 172 g/mol. The number of hydrogen-bond acceptors (Lipinski definition) is 0. The molecule has 0 unspecified atom stereocenters. The summed E-state index contributed by atoms with van der Waals surface area (Å²) in [7, 11) is 0. The van der Waals surface area contributed by atoms with Crippen LogP contribution >= 0.6 is 0 Å². The van der Waals surface area contributed by atoms with Crippen LogP contribution in [0.2, 0.25) is 0 Å². The van der Waals surface area contributed by atoms with Gasteiger partial charge in [-0.3, -0.25) is 0 Å². The number of halogens is 2. The quantitative estimate of drug-likeness (QED) is 0.693. The molecular formula is C10H9F2N. The molecule has 0 bridgehead atoms. The molecule has 2 rings (SSSR count). The van der Waals surface area contributed by atoms with E-state index in [2.05, 4.69) is 4.98 Å². The van der Waals surface area contributed by atoms with Crippen molar-refractivity contribution in [1.82, 2.24) is 4.98 Å². The lowest BCUT2D eigenvalue weighted by Crippen LogP contribution is -1.79. The molecule has 0 atom stereocenters. The van der Waals surface area contributed by atoms with Crippen molar-refractivity contribution in [3.8, 4) is 0 Å². The van der Waals surface area contributed by atoms with Gasteiger partial charge in [0, 0.05) is 22.7 Å². The van der Waals surface area contributed by atoms with E-state index >= 15 is 0 Å². The van der Waals surface area contributed by atoms with E-state index in [4.69, 9.17) is 0 Å². The van der Waals surface area contributed by atoms with Crippen molar-refractivity contribution < 1.29 is 8.78 Å². The van der Waals surface area contributed by atoms with Gasteiger partial charge in [0.1, 0.15) is 0 Å². The molecule has 0 spiro atoms. The maximum absolute atomic E-state index is 12.4. The second kappa shape index (κ2) is 2.83. The topological polar surface area (TPSA) is 15.8 Å². The summed E-state index contributed by atoms with van der Waals surface area (Å²) in [5.74, 6) is 0. The van der Waals surface area contributed by atoms with Gasteiger partial charge in [0.15, 0.2) is 0 Å². The van der Waals surface area contributed by atoms with Gasteiger partial charge in [-0.25, -0.2) is 8.78 Å². The molecule has 0 fully saturated rings. The Morgan fingerprint density at radius 1 is 1.31 bits per heavy atom. The molecule has 1 aromatic carbocycles. The fourth-order valence-corrected chi connectivity index (χ4v) is 1.44. The number of hydrogen-bond donors (Lipinski definition) is 1. The number of rotatable bonds is 1. The number of benzene rings is 1. The van der Waals surface area contributed by atoms with Gasteiger partial charge in [-0.1, -0.05) is 12.1 Å². The number of aromatic amines is 1. The van der Waals surface area contributed by atoms with Crippen LogP contribution in [0.5, 0.6) is 0 Å². The second-order valence-corrected chi connectivity index (χ2v) is 3.09. The standard InChI is InChI=1S/C10H9F2N/c1-6-2-3-7-8(10(11)12)5-13-9(7)4-6/h2-5,10,13H,1H3. The molecule has 1 nitrogen and oxygen atoms in total. The lowest BCUT2D eigenvalue weighted by molar-refractivity contribution is 0.153. The van der Waals surface area contributed by atoms with Crippen LogP contribution in [0, 0.1) is 6.92 Å². The van der Waals surface area contributed by atoms with E-state index in [1.165, 1.54) is 6.20 Å². The van der Waals surface area contributed by atoms with Gasteiger partial charge >= 0.3 is 0 Å². The fourth-order valence-electron chi connectivity index (χ4n) is 1.44. The van der Waals surface area contributed by atoms with Crippen LogP contribution in [-0.2, 0) is 0 Å². The molecule has 3 heteroatoms. The van der Waals surface area contributed by atoms with Gasteiger partial charge in [-0.2, -0.15) is 0 Å². The zero-order chi connectivity index (χ0) is 9.42. The van der Waals surface area contributed by atoms with Crippen LogP contribution in [0.3, 0.4) is 0 Å². The van der Waals surface area contributed by atoms with Crippen molar-refractivity contribution in [3.05, 3.63) is 35.5 Å². The van der Waals surface area contributed by atoms with Crippen LogP contribution in [0.25, 0.3) is 10.9 Å². The van der Waals surface area contributed by atoms with Crippen molar-refractivity contribution in [2.24, 2.45) is 0 Å². The number of aromatic nitrogens is 1. The Labute approximate surface area is 74.4 Å². The molecule has 1 heterocycles. The second-order valence-electron chi connectivity index (χ2n) is 3.09. The van der Waals surface area contributed by atoms with Crippen LogP contribution in [-0.4, -0.2) is 4.98 Å². The van der Waals surface area contributed by atoms with Gasteiger partial charge in [0.05, 0.1) is 0 Å². The van der Waals surface area contributed by atoms with E-state index in [0.717, 1.165) is 11.1 Å². The summed E-state index contributed by atoms with van der Waals surface area (Å²) in [6.45, 7) is 1.93. The average molecular weight is 181 g/mol. The summed E-state index contributed by atoms with van der Waals surface area (Å²) in [6.07, 6.45) is -1.04. The minimum atomic E-state index is -2.41. The average Bonchev–Trinajstić information content (AvgIpc) is 2.46. The van der Waals surface area contributed by atoms with Gasteiger partial charge in [-0.05, 0) is 18.6 Å². The van der Waals surface area contributed by atoms with Crippen molar-refractivity contribution in [2.45, 2.75) is 13.3 Å². The van der Waals surface area contributed by atoms with Gasteiger partial charge in [-0.15, -0.1) is 0 Å². The molecule has 68 valence electrons. The number of nitrogens with one attached hydrogen (secondary N) is 1. The molecule has 0 saturated carbocycles. The molecule has 13 heavy (non-hydrogen) atoms. The van der Waals surface area contributed by atoms with Crippen LogP contribution < -0.4 is 0 Å². The first-order chi connectivity index (χ1) is 6.18. The molecule has 0 aliphatic heterocycles. The summed E-state index contributed by atoms with van der Waals surface area (Å²) in [5.41, 5.74) is 1.92. The first-order valence-corrected chi connectivity index (χ1v) is 4.04. The first-order valence-electron chi connectivity index (χ1n) is 4.04. The summed E-state index contributed by atoms with van der Waals surface area (Å²) in [4.78, 5) is 2.83. The molecule has 0 aliphatic carbocycles. The smallest absolute Gasteiger partial charge is 0.265 e. The van der Waals surface area contributed by atoms with E-state index in [0.29, 0.717) is 5.39 Å². The van der Waals surface area contributed by atoms with Crippen LogP contribution in [0.1, 0.15) is 17.6 Å². The maximum Gasteiger partial charge on any atom is 0.265 e. The lowest BCUT2D eigenvalue weighted by Gasteiger charge is -1.96. The first kappa shape index (κ1) is 8.23. The highest BCUT2D eigenvalue weighted by Gasteiger charge is 2.12. The molecule has 1 aromatic heterocycles. The Morgan fingerprint density at radius 3 is 2.77 bits per heavy atom. The van der Waals surface area contributed by atoms with E-state index in [9.17, 15) is 8.78 Å². The molecule has 2 aromatic rings. The molecule has 0 aliphatic rings. The van der Waals surface area contributed by atoms with Crippen LogP contribution in [0.15, 0.2) is 24.4 Å². The summed E-state index contributed by atoms with van der Waals surface area (Å²) in [5, 5.41) is 0.612. The monoisotopic (exact) mass is 181 g/mol. The SMILES string of the molecule is Cc1ccc2c(C(F)F)c[nH]c2c1. The highest BCUT2D eigenvalue weighted by molar-refractivity contribution is 5.83. The largest absolute Gasteiger partial charge is 0.361 e. The van der Waals surface area contributed by atoms with E-state index < -0.39 is 6.43 Å². The maximum atomic E-state index is 12.4. The lowest BCUT2D eigenvalue weighted by atomic mass is 10.1. The minimum absolute atomic E-state index is 0.0787. The van der Waals surface area contributed by atoms with E-state index in [1.807, 2.05) is 19.1 Å². The summed E-state index contributed by atoms with van der Waals surface area (Å²) >= 11 is 0. The fraction of sp³-hybridized carbons (Fsp3) is 0.200. The molecule has 0 saturated heterocycles. The van der Waals surface area contributed by atoms with Gasteiger partial charge in [0.2, 0.25) is 0 Å². The van der Waals surface area contributed by atoms with Gasteiger partial charge in [0.25, 0.3) is 6.43 Å². The summed E-state index contributed by atoms with van der Waals surface area (Å²) in [6, 6.07) is 5.42. The van der Waals surface area contributed by atoms with E-state index in [-0.39, 0.29) is 5.56 Å². The molecule has 0 amide bonds. The highest BCUT2D eigenvalue weighted by atomic mass is 19.3. The molecule has 0 radical (unpaired) electrons. The van der Waals surface area contributed by atoms with Gasteiger partial charge < -0.3 is 4.98 Å². The third kappa shape index (κ3) is 1.30. The third-order valence-electron chi connectivity index (χ3n) is 2.10. The van der Waals surface area contributed by atoms with Crippen molar-refractivity contribution in [3.63, 3.8) is 0 Å². The Morgan fingerprint density at radius 2 is 2.08 bits per heavy atom. The summed E-state index contributed by atoms with van der Waals surface area (Å²) < 4.78 is 24.8. The Hall–Kier alpha value is -1.38.